The number of rotatable bonds is 2. The van der Waals surface area contributed by atoms with Crippen LogP contribution in [0, 0.1) is 11.3 Å². The lowest BCUT2D eigenvalue weighted by Crippen LogP contribution is -2.31. The Kier molecular flexibility index (Phi) is 4.46. The van der Waals surface area contributed by atoms with Gasteiger partial charge in [0.1, 0.15) is 6.07 Å². The molecule has 0 spiro atoms. The van der Waals surface area contributed by atoms with Crippen LogP contribution in [0.25, 0.3) is 0 Å². The maximum absolute atomic E-state index is 9.18. The van der Waals surface area contributed by atoms with Crippen molar-refractivity contribution in [1.29, 1.82) is 5.26 Å². The molecule has 4 heteroatoms. The summed E-state index contributed by atoms with van der Waals surface area (Å²) < 4.78 is 5.75. The molecule has 96 valence electrons. The molecule has 0 radical (unpaired) electrons. The van der Waals surface area contributed by atoms with E-state index in [4.69, 9.17) is 16.3 Å². The fourth-order valence-electron chi connectivity index (χ4n) is 2.22. The van der Waals surface area contributed by atoms with Crippen molar-refractivity contribution in [2.45, 2.75) is 25.9 Å². The summed E-state index contributed by atoms with van der Waals surface area (Å²) in [5.74, 6) is 0. The number of ether oxygens (including phenoxy) is 1. The molecule has 1 fully saturated rings. The van der Waals surface area contributed by atoms with E-state index in [1.54, 1.807) is 12.1 Å². The number of anilines is 1. The van der Waals surface area contributed by atoms with Crippen LogP contribution in [0.15, 0.2) is 18.2 Å². The highest BCUT2D eigenvalue weighted by atomic mass is 35.5. The van der Waals surface area contributed by atoms with Gasteiger partial charge in [-0.2, -0.15) is 5.26 Å². The van der Waals surface area contributed by atoms with Crippen molar-refractivity contribution in [3.63, 3.8) is 0 Å². The van der Waals surface area contributed by atoms with Gasteiger partial charge in [0.2, 0.25) is 0 Å². The topological polar surface area (TPSA) is 36.3 Å². The average molecular weight is 265 g/mol. The highest BCUT2D eigenvalue weighted by Crippen LogP contribution is 2.26. The maximum atomic E-state index is 9.18. The van der Waals surface area contributed by atoms with Gasteiger partial charge in [0, 0.05) is 24.7 Å². The molecule has 1 saturated heterocycles. The van der Waals surface area contributed by atoms with E-state index in [2.05, 4.69) is 17.9 Å². The molecule has 1 atom stereocenters. The van der Waals surface area contributed by atoms with Gasteiger partial charge in [0.15, 0.2) is 0 Å². The molecule has 0 amide bonds. The van der Waals surface area contributed by atoms with Crippen molar-refractivity contribution < 1.29 is 4.74 Å². The second-order valence-corrected chi connectivity index (χ2v) is 4.91. The van der Waals surface area contributed by atoms with E-state index in [0.717, 1.165) is 38.2 Å². The molecule has 1 heterocycles. The summed E-state index contributed by atoms with van der Waals surface area (Å²) in [5.41, 5.74) is 1.60. The normalized spacial score (nSPS) is 20.3. The molecule has 0 N–H and O–H groups in total. The van der Waals surface area contributed by atoms with Crippen LogP contribution in [0.4, 0.5) is 5.69 Å². The minimum absolute atomic E-state index is 0.234. The Morgan fingerprint density at radius 1 is 1.56 bits per heavy atom. The van der Waals surface area contributed by atoms with Gasteiger partial charge in [-0.25, -0.2) is 0 Å². The van der Waals surface area contributed by atoms with E-state index in [-0.39, 0.29) is 6.10 Å². The van der Waals surface area contributed by atoms with Gasteiger partial charge in [-0.15, -0.1) is 0 Å². The van der Waals surface area contributed by atoms with Gasteiger partial charge in [0.25, 0.3) is 0 Å². The van der Waals surface area contributed by atoms with Gasteiger partial charge in [-0.1, -0.05) is 18.5 Å². The fraction of sp³-hybridized carbons (Fsp3) is 0.500. The van der Waals surface area contributed by atoms with Gasteiger partial charge in [-0.3, -0.25) is 0 Å². The van der Waals surface area contributed by atoms with Crippen LogP contribution in [-0.4, -0.2) is 25.8 Å². The van der Waals surface area contributed by atoms with Crippen molar-refractivity contribution in [1.82, 2.24) is 0 Å². The van der Waals surface area contributed by atoms with E-state index in [1.807, 2.05) is 6.07 Å². The second kappa shape index (κ2) is 6.08. The highest BCUT2D eigenvalue weighted by molar-refractivity contribution is 6.30. The summed E-state index contributed by atoms with van der Waals surface area (Å²) >= 11 is 6.04. The van der Waals surface area contributed by atoms with Crippen molar-refractivity contribution in [3.05, 3.63) is 28.8 Å². The predicted octanol–water partition coefficient (Wildman–Crippen LogP) is 3.22. The lowest BCUT2D eigenvalue weighted by molar-refractivity contribution is 0.0664. The van der Waals surface area contributed by atoms with E-state index < -0.39 is 0 Å². The number of nitrogens with zero attached hydrogens (tertiary/aromatic N) is 2. The smallest absolute Gasteiger partial charge is 0.101 e. The van der Waals surface area contributed by atoms with Crippen LogP contribution >= 0.6 is 11.6 Å². The van der Waals surface area contributed by atoms with Crippen LogP contribution in [0.3, 0.4) is 0 Å². The molecule has 2 rings (SSSR count). The highest BCUT2D eigenvalue weighted by Gasteiger charge is 2.19. The number of halogens is 1. The second-order valence-electron chi connectivity index (χ2n) is 4.47. The molecule has 0 saturated carbocycles. The zero-order chi connectivity index (χ0) is 13.0. The molecular weight excluding hydrogens is 248 g/mol. The lowest BCUT2D eigenvalue weighted by Gasteiger charge is -2.26. The Hall–Kier alpha value is -1.24. The van der Waals surface area contributed by atoms with Crippen molar-refractivity contribution in [2.75, 3.05) is 24.6 Å². The van der Waals surface area contributed by atoms with Crippen LogP contribution in [0.1, 0.15) is 25.3 Å². The van der Waals surface area contributed by atoms with Gasteiger partial charge in [0.05, 0.1) is 17.4 Å². The van der Waals surface area contributed by atoms with Gasteiger partial charge in [-0.05, 0) is 31.0 Å². The van der Waals surface area contributed by atoms with Crippen LogP contribution in [0.5, 0.6) is 0 Å². The Bertz CT molecular complexity index is 456. The first kappa shape index (κ1) is 13.2. The Labute approximate surface area is 113 Å². The quantitative estimate of drug-likeness (QED) is 0.823. The van der Waals surface area contributed by atoms with E-state index >= 15 is 0 Å². The summed E-state index contributed by atoms with van der Waals surface area (Å²) in [5, 5.41) is 9.85. The molecule has 18 heavy (non-hydrogen) atoms. The first-order valence-electron chi connectivity index (χ1n) is 6.30. The summed E-state index contributed by atoms with van der Waals surface area (Å²) in [7, 11) is 0. The van der Waals surface area contributed by atoms with E-state index in [0.29, 0.717) is 10.6 Å². The molecule has 1 aliphatic rings. The van der Waals surface area contributed by atoms with Crippen LogP contribution in [-0.2, 0) is 4.74 Å². The Morgan fingerprint density at radius 3 is 3.11 bits per heavy atom. The monoisotopic (exact) mass is 264 g/mol. The number of hydrogen-bond donors (Lipinski definition) is 0. The van der Waals surface area contributed by atoms with Gasteiger partial charge < -0.3 is 9.64 Å². The summed E-state index contributed by atoms with van der Waals surface area (Å²) in [6.45, 7) is 4.64. The maximum Gasteiger partial charge on any atom is 0.101 e. The number of nitriles is 1. The average Bonchev–Trinajstić information content (AvgIpc) is 2.64. The molecule has 1 aromatic carbocycles. The first-order valence-corrected chi connectivity index (χ1v) is 6.68. The van der Waals surface area contributed by atoms with E-state index in [9.17, 15) is 5.26 Å². The third-order valence-electron chi connectivity index (χ3n) is 3.23. The minimum atomic E-state index is 0.234. The van der Waals surface area contributed by atoms with E-state index in [1.165, 1.54) is 0 Å². The molecule has 0 aliphatic carbocycles. The third-order valence-corrected chi connectivity index (χ3v) is 3.46. The molecule has 0 bridgehead atoms. The summed E-state index contributed by atoms with van der Waals surface area (Å²) in [6.07, 6.45) is 2.20. The zero-order valence-electron chi connectivity index (χ0n) is 10.5. The molecule has 1 aliphatic heterocycles. The SMILES string of the molecule is CCC1CN(c2cc(Cl)ccc2C#N)CCCO1. The fourth-order valence-corrected chi connectivity index (χ4v) is 2.39. The van der Waals surface area contributed by atoms with Gasteiger partial charge >= 0.3 is 0 Å². The number of hydrogen-bond acceptors (Lipinski definition) is 3. The molecule has 1 aromatic rings. The lowest BCUT2D eigenvalue weighted by atomic mass is 10.1. The predicted molar refractivity (Wildman–Crippen MR) is 73.0 cm³/mol. The zero-order valence-corrected chi connectivity index (χ0v) is 11.3. The summed E-state index contributed by atoms with van der Waals surface area (Å²) in [4.78, 5) is 2.21. The minimum Gasteiger partial charge on any atom is -0.376 e. The first-order chi connectivity index (χ1) is 8.74. The molecule has 0 aromatic heterocycles. The third kappa shape index (κ3) is 2.95. The summed E-state index contributed by atoms with van der Waals surface area (Å²) in [6, 6.07) is 7.65. The van der Waals surface area contributed by atoms with Crippen LogP contribution in [0.2, 0.25) is 5.02 Å². The van der Waals surface area contributed by atoms with Crippen molar-refractivity contribution >= 4 is 17.3 Å². The molecule has 3 nitrogen and oxygen atoms in total. The number of benzene rings is 1. The molecule has 1 unspecified atom stereocenters. The van der Waals surface area contributed by atoms with Crippen LogP contribution < -0.4 is 4.90 Å². The van der Waals surface area contributed by atoms with Crippen molar-refractivity contribution in [2.24, 2.45) is 0 Å². The Morgan fingerprint density at radius 2 is 2.39 bits per heavy atom. The molecular formula is C14H17ClN2O. The largest absolute Gasteiger partial charge is 0.376 e. The standard InChI is InChI=1S/C14H17ClN2O/c1-2-13-10-17(6-3-7-18-13)14-8-12(15)5-4-11(14)9-16/h4-5,8,13H,2-3,6-7,10H2,1H3. The van der Waals surface area contributed by atoms with Crippen molar-refractivity contribution in [3.8, 4) is 6.07 Å². The Balaban J connectivity index is 2.29.